The van der Waals surface area contributed by atoms with E-state index in [2.05, 4.69) is 10.6 Å². The van der Waals surface area contributed by atoms with Crippen molar-refractivity contribution in [3.05, 3.63) is 58.1 Å². The lowest BCUT2D eigenvalue weighted by atomic mass is 10.0. The fraction of sp³-hybridized carbons (Fsp3) is 0.462. The minimum absolute atomic E-state index is 0.221. The molecule has 0 radical (unpaired) electrons. The van der Waals surface area contributed by atoms with Crippen LogP contribution in [0.1, 0.15) is 53.5 Å². The van der Waals surface area contributed by atoms with Crippen LogP contribution in [0.3, 0.4) is 0 Å². The Bertz CT molecular complexity index is 1170. The summed E-state index contributed by atoms with van der Waals surface area (Å²) in [5, 5.41) is 5.31. The maximum absolute atomic E-state index is 13.6. The van der Waals surface area contributed by atoms with Crippen molar-refractivity contribution in [2.24, 2.45) is 0 Å². The Morgan fingerprint density at radius 1 is 0.971 bits per heavy atom. The van der Waals surface area contributed by atoms with Crippen molar-refractivity contribution in [1.29, 1.82) is 0 Å². The first-order valence-corrected chi connectivity index (χ1v) is 13.2. The third-order valence-electron chi connectivity index (χ3n) is 6.57. The summed E-state index contributed by atoms with van der Waals surface area (Å²) in [6.45, 7) is 10.1. The van der Waals surface area contributed by atoms with Gasteiger partial charge in [0.2, 0.25) is 10.0 Å². The molecule has 3 rings (SSSR count). The number of sulfonamides is 1. The molecule has 0 unspecified atom stereocenters. The summed E-state index contributed by atoms with van der Waals surface area (Å²) in [4.78, 5) is 25.1. The summed E-state index contributed by atoms with van der Waals surface area (Å²) in [6, 6.07) is 9.09. The molecule has 34 heavy (non-hydrogen) atoms. The van der Waals surface area contributed by atoms with E-state index >= 15 is 0 Å². The highest BCUT2D eigenvalue weighted by atomic mass is 32.2. The number of hydrogen-bond donors (Lipinski definition) is 2. The molecule has 2 amide bonds. The largest absolute Gasteiger partial charge is 0.348 e. The van der Waals surface area contributed by atoms with Crippen LogP contribution in [-0.4, -0.2) is 43.7 Å². The molecule has 2 aromatic carbocycles. The predicted octanol–water partition coefficient (Wildman–Crippen LogP) is 3.92. The van der Waals surface area contributed by atoms with Gasteiger partial charge in [-0.3, -0.25) is 9.59 Å². The highest BCUT2D eigenvalue weighted by Gasteiger charge is 2.35. The maximum atomic E-state index is 13.6. The Morgan fingerprint density at radius 3 is 2.32 bits per heavy atom. The van der Waals surface area contributed by atoms with Crippen molar-refractivity contribution in [3.8, 4) is 0 Å². The smallest absolute Gasteiger partial charge is 0.313 e. The number of amides is 2. The third-order valence-corrected chi connectivity index (χ3v) is 8.82. The molecular formula is C26H35N3O4S. The van der Waals surface area contributed by atoms with Gasteiger partial charge in [-0.05, 0) is 82.2 Å². The first kappa shape index (κ1) is 25.9. The molecule has 1 aliphatic heterocycles. The molecule has 8 heteroatoms. The average molecular weight is 486 g/mol. The highest BCUT2D eigenvalue weighted by molar-refractivity contribution is 7.89. The number of aryl methyl sites for hydroxylation is 4. The van der Waals surface area contributed by atoms with Crippen LogP contribution in [0, 0.1) is 34.6 Å². The minimum atomic E-state index is -3.66. The van der Waals surface area contributed by atoms with Crippen LogP contribution in [-0.2, 0) is 19.6 Å². The van der Waals surface area contributed by atoms with Gasteiger partial charge >= 0.3 is 11.8 Å². The summed E-state index contributed by atoms with van der Waals surface area (Å²) >= 11 is 0. The number of carbonyl (C=O) groups excluding carboxylic acids is 2. The molecule has 0 saturated carbocycles. The highest BCUT2D eigenvalue weighted by Crippen LogP contribution is 2.31. The Hall–Kier alpha value is -2.71. The zero-order chi connectivity index (χ0) is 25.0. The Labute approximate surface area is 203 Å². The molecule has 1 aliphatic rings. The van der Waals surface area contributed by atoms with Crippen LogP contribution < -0.4 is 10.6 Å². The summed E-state index contributed by atoms with van der Waals surface area (Å²) in [7, 11) is -3.66. The lowest BCUT2D eigenvalue weighted by Crippen LogP contribution is -2.46. The van der Waals surface area contributed by atoms with Gasteiger partial charge in [0, 0.05) is 24.8 Å². The van der Waals surface area contributed by atoms with E-state index in [1.54, 1.807) is 10.4 Å². The second kappa shape index (κ2) is 10.7. The molecule has 1 fully saturated rings. The lowest BCUT2D eigenvalue weighted by molar-refractivity contribution is -0.136. The zero-order valence-corrected chi connectivity index (χ0v) is 21.5. The van der Waals surface area contributed by atoms with Gasteiger partial charge in [0.15, 0.2) is 0 Å². The molecule has 0 aromatic heterocycles. The Balaban J connectivity index is 1.65. The van der Waals surface area contributed by atoms with Gasteiger partial charge in [-0.15, -0.1) is 0 Å². The van der Waals surface area contributed by atoms with E-state index < -0.39 is 21.8 Å². The molecule has 1 saturated heterocycles. The van der Waals surface area contributed by atoms with Crippen LogP contribution in [0.15, 0.2) is 35.2 Å². The summed E-state index contributed by atoms with van der Waals surface area (Å²) in [5.74, 6) is -1.45. The first-order chi connectivity index (χ1) is 16.0. The SMILES string of the molecule is Cc1cc(C)c(S(=O)(=O)N2CCCC[C@H]2CCNC(=O)C(=O)Nc2cccc(C)c2C)c(C)c1. The maximum Gasteiger partial charge on any atom is 0.313 e. The minimum Gasteiger partial charge on any atom is -0.348 e. The van der Waals surface area contributed by atoms with E-state index in [1.807, 2.05) is 58.9 Å². The van der Waals surface area contributed by atoms with E-state index in [0.29, 0.717) is 23.5 Å². The van der Waals surface area contributed by atoms with Gasteiger partial charge in [-0.2, -0.15) is 4.31 Å². The fourth-order valence-electron chi connectivity index (χ4n) is 4.77. The van der Waals surface area contributed by atoms with Gasteiger partial charge in [0.25, 0.3) is 0 Å². The molecule has 1 heterocycles. The number of nitrogens with zero attached hydrogens (tertiary/aromatic N) is 1. The molecule has 184 valence electrons. The monoisotopic (exact) mass is 485 g/mol. The number of piperidine rings is 1. The Kier molecular flexibility index (Phi) is 8.15. The van der Waals surface area contributed by atoms with E-state index in [1.165, 1.54) is 0 Å². The topological polar surface area (TPSA) is 95.6 Å². The molecule has 2 aromatic rings. The van der Waals surface area contributed by atoms with Gasteiger partial charge in [-0.1, -0.05) is 36.2 Å². The molecule has 2 N–H and O–H groups in total. The first-order valence-electron chi connectivity index (χ1n) is 11.8. The number of hydrogen-bond acceptors (Lipinski definition) is 4. The molecule has 0 aliphatic carbocycles. The molecule has 7 nitrogen and oxygen atoms in total. The lowest BCUT2D eigenvalue weighted by Gasteiger charge is -2.35. The molecular weight excluding hydrogens is 450 g/mol. The van der Waals surface area contributed by atoms with Gasteiger partial charge < -0.3 is 10.6 Å². The second-order valence-electron chi connectivity index (χ2n) is 9.24. The quantitative estimate of drug-likeness (QED) is 0.607. The number of nitrogens with one attached hydrogen (secondary N) is 2. The zero-order valence-electron chi connectivity index (χ0n) is 20.7. The van der Waals surface area contributed by atoms with Crippen molar-refractivity contribution < 1.29 is 18.0 Å². The van der Waals surface area contributed by atoms with Gasteiger partial charge in [0.1, 0.15) is 0 Å². The van der Waals surface area contributed by atoms with E-state index in [0.717, 1.165) is 47.1 Å². The van der Waals surface area contributed by atoms with Crippen LogP contribution in [0.4, 0.5) is 5.69 Å². The predicted molar refractivity (Wildman–Crippen MR) is 134 cm³/mol. The number of anilines is 1. The fourth-order valence-corrected chi connectivity index (χ4v) is 6.91. The molecule has 0 bridgehead atoms. The summed E-state index contributed by atoms with van der Waals surface area (Å²) in [6.07, 6.45) is 2.92. The van der Waals surface area contributed by atoms with E-state index in [4.69, 9.17) is 0 Å². The van der Waals surface area contributed by atoms with Crippen molar-refractivity contribution in [1.82, 2.24) is 9.62 Å². The number of rotatable bonds is 6. The summed E-state index contributed by atoms with van der Waals surface area (Å²) in [5.41, 5.74) is 5.07. The van der Waals surface area contributed by atoms with Crippen LogP contribution in [0.2, 0.25) is 0 Å². The second-order valence-corrected chi connectivity index (χ2v) is 11.1. The van der Waals surface area contributed by atoms with Crippen LogP contribution in [0.5, 0.6) is 0 Å². The van der Waals surface area contributed by atoms with Crippen molar-refractivity contribution >= 4 is 27.5 Å². The average Bonchev–Trinajstić information content (AvgIpc) is 2.76. The van der Waals surface area contributed by atoms with Crippen molar-refractivity contribution in [2.45, 2.75) is 71.2 Å². The molecule has 1 atom stereocenters. The number of benzene rings is 2. The normalized spacial score (nSPS) is 16.8. The standard InChI is InChI=1S/C26H35N3O4S/c1-17-15-19(3)24(20(4)16-17)34(32,33)29-14-7-6-10-22(29)12-13-27-25(30)26(31)28-23-11-8-9-18(2)21(23)5/h8-9,11,15-16,22H,6-7,10,12-14H2,1-5H3,(H,27,30)(H,28,31)/t22-/m0/s1. The van der Waals surface area contributed by atoms with Gasteiger partial charge in [-0.25, -0.2) is 8.42 Å². The Morgan fingerprint density at radius 2 is 1.65 bits per heavy atom. The molecule has 0 spiro atoms. The van der Waals surface area contributed by atoms with Crippen molar-refractivity contribution in [2.75, 3.05) is 18.4 Å². The summed E-state index contributed by atoms with van der Waals surface area (Å²) < 4.78 is 28.8. The van der Waals surface area contributed by atoms with Crippen LogP contribution in [0.25, 0.3) is 0 Å². The van der Waals surface area contributed by atoms with Crippen molar-refractivity contribution in [3.63, 3.8) is 0 Å². The van der Waals surface area contributed by atoms with E-state index in [9.17, 15) is 18.0 Å². The van der Waals surface area contributed by atoms with Gasteiger partial charge in [0.05, 0.1) is 4.90 Å². The third kappa shape index (κ3) is 5.67. The number of carbonyl (C=O) groups is 2. The van der Waals surface area contributed by atoms with Crippen LogP contribution >= 0.6 is 0 Å². The van der Waals surface area contributed by atoms with E-state index in [-0.39, 0.29) is 12.6 Å².